The standard InChI is InChI=1S/C15H25N3O/c1-4-19-15-11-13(5-6-14(15)16)18-9-7-12(8-10-18)17(2)3/h5-6,11-12H,4,7-10,16H2,1-3H3. The molecule has 1 aliphatic rings. The summed E-state index contributed by atoms with van der Waals surface area (Å²) in [6.07, 6.45) is 2.42. The quantitative estimate of drug-likeness (QED) is 0.846. The van der Waals surface area contributed by atoms with Crippen molar-refractivity contribution in [2.24, 2.45) is 0 Å². The van der Waals surface area contributed by atoms with Gasteiger partial charge in [-0.15, -0.1) is 0 Å². The topological polar surface area (TPSA) is 41.7 Å². The van der Waals surface area contributed by atoms with Gasteiger partial charge in [-0.25, -0.2) is 0 Å². The molecule has 0 amide bonds. The van der Waals surface area contributed by atoms with Crippen LogP contribution in [0.1, 0.15) is 19.8 Å². The van der Waals surface area contributed by atoms with Crippen LogP contribution in [0.15, 0.2) is 18.2 Å². The van der Waals surface area contributed by atoms with E-state index in [0.717, 1.165) is 18.8 Å². The highest BCUT2D eigenvalue weighted by Crippen LogP contribution is 2.29. The Bertz CT molecular complexity index is 412. The van der Waals surface area contributed by atoms with Crippen molar-refractivity contribution in [1.82, 2.24) is 4.90 Å². The molecular weight excluding hydrogens is 238 g/mol. The van der Waals surface area contributed by atoms with Crippen LogP contribution in [-0.4, -0.2) is 44.7 Å². The van der Waals surface area contributed by atoms with Crippen LogP contribution in [0.2, 0.25) is 0 Å². The molecule has 4 nitrogen and oxygen atoms in total. The second-order valence-corrected chi connectivity index (χ2v) is 5.34. The van der Waals surface area contributed by atoms with Crippen LogP contribution in [0.25, 0.3) is 0 Å². The zero-order chi connectivity index (χ0) is 13.8. The number of hydrogen-bond acceptors (Lipinski definition) is 4. The molecule has 4 heteroatoms. The number of anilines is 2. The SMILES string of the molecule is CCOc1cc(N2CCC(N(C)C)CC2)ccc1N. The molecule has 2 rings (SSSR count). The highest BCUT2D eigenvalue weighted by Gasteiger charge is 2.21. The largest absolute Gasteiger partial charge is 0.492 e. The zero-order valence-electron chi connectivity index (χ0n) is 12.2. The van der Waals surface area contributed by atoms with E-state index in [1.54, 1.807) is 0 Å². The van der Waals surface area contributed by atoms with E-state index in [0.29, 0.717) is 18.3 Å². The molecule has 0 saturated carbocycles. The lowest BCUT2D eigenvalue weighted by molar-refractivity contribution is 0.249. The lowest BCUT2D eigenvalue weighted by Gasteiger charge is -2.36. The molecule has 2 N–H and O–H groups in total. The Morgan fingerprint density at radius 3 is 2.58 bits per heavy atom. The number of nitrogens with two attached hydrogens (primary N) is 1. The summed E-state index contributed by atoms with van der Waals surface area (Å²) in [5.74, 6) is 0.801. The number of nitrogens with zero attached hydrogens (tertiary/aromatic N) is 2. The summed E-state index contributed by atoms with van der Waals surface area (Å²) >= 11 is 0. The minimum absolute atomic E-state index is 0.649. The van der Waals surface area contributed by atoms with Crippen LogP contribution >= 0.6 is 0 Å². The fourth-order valence-electron chi connectivity index (χ4n) is 2.64. The Morgan fingerprint density at radius 2 is 2.00 bits per heavy atom. The maximum atomic E-state index is 5.92. The van der Waals surface area contributed by atoms with E-state index in [-0.39, 0.29) is 0 Å². The van der Waals surface area contributed by atoms with E-state index >= 15 is 0 Å². The van der Waals surface area contributed by atoms with E-state index in [4.69, 9.17) is 10.5 Å². The van der Waals surface area contributed by atoms with E-state index in [2.05, 4.69) is 36.0 Å². The number of piperidine rings is 1. The highest BCUT2D eigenvalue weighted by atomic mass is 16.5. The summed E-state index contributed by atoms with van der Waals surface area (Å²) < 4.78 is 5.57. The molecule has 0 aromatic heterocycles. The molecule has 0 atom stereocenters. The predicted octanol–water partition coefficient (Wildman–Crippen LogP) is 2.20. The van der Waals surface area contributed by atoms with Crippen LogP contribution in [0.3, 0.4) is 0 Å². The second-order valence-electron chi connectivity index (χ2n) is 5.34. The van der Waals surface area contributed by atoms with Crippen molar-refractivity contribution in [2.45, 2.75) is 25.8 Å². The van der Waals surface area contributed by atoms with Gasteiger partial charge in [0.2, 0.25) is 0 Å². The van der Waals surface area contributed by atoms with Gasteiger partial charge in [-0.2, -0.15) is 0 Å². The zero-order valence-corrected chi connectivity index (χ0v) is 12.2. The van der Waals surface area contributed by atoms with Crippen molar-refractivity contribution in [3.63, 3.8) is 0 Å². The normalized spacial score (nSPS) is 16.9. The van der Waals surface area contributed by atoms with E-state index in [1.807, 2.05) is 13.0 Å². The second kappa shape index (κ2) is 6.15. The van der Waals surface area contributed by atoms with Gasteiger partial charge in [0, 0.05) is 30.9 Å². The van der Waals surface area contributed by atoms with Crippen molar-refractivity contribution >= 4 is 11.4 Å². The molecule has 0 bridgehead atoms. The molecule has 1 aromatic carbocycles. The van der Waals surface area contributed by atoms with Gasteiger partial charge in [0.1, 0.15) is 5.75 Å². The molecule has 0 unspecified atom stereocenters. The van der Waals surface area contributed by atoms with Gasteiger partial charge < -0.3 is 20.3 Å². The van der Waals surface area contributed by atoms with Crippen LogP contribution in [0, 0.1) is 0 Å². The highest BCUT2D eigenvalue weighted by molar-refractivity contribution is 5.62. The summed E-state index contributed by atoms with van der Waals surface area (Å²) in [7, 11) is 4.33. The number of nitrogen functional groups attached to an aromatic ring is 1. The smallest absolute Gasteiger partial charge is 0.144 e. The summed E-state index contributed by atoms with van der Waals surface area (Å²) in [4.78, 5) is 4.74. The van der Waals surface area contributed by atoms with Gasteiger partial charge in [-0.1, -0.05) is 0 Å². The molecule has 1 aliphatic heterocycles. The molecule has 0 aliphatic carbocycles. The fraction of sp³-hybridized carbons (Fsp3) is 0.600. The minimum Gasteiger partial charge on any atom is -0.492 e. The third-order valence-electron chi connectivity index (χ3n) is 3.86. The van der Waals surface area contributed by atoms with E-state index in [1.165, 1.54) is 18.5 Å². The average Bonchev–Trinajstić information content (AvgIpc) is 2.41. The van der Waals surface area contributed by atoms with Crippen LogP contribution in [-0.2, 0) is 0 Å². The van der Waals surface area contributed by atoms with Crippen LogP contribution in [0.4, 0.5) is 11.4 Å². The third-order valence-corrected chi connectivity index (χ3v) is 3.86. The van der Waals surface area contributed by atoms with Crippen LogP contribution in [0.5, 0.6) is 5.75 Å². The molecule has 1 aromatic rings. The first-order chi connectivity index (χ1) is 9.11. The predicted molar refractivity (Wildman–Crippen MR) is 80.9 cm³/mol. The van der Waals surface area contributed by atoms with Gasteiger partial charge in [-0.05, 0) is 46.0 Å². The Hall–Kier alpha value is -1.42. The van der Waals surface area contributed by atoms with Gasteiger partial charge in [0.15, 0.2) is 0 Å². The van der Waals surface area contributed by atoms with E-state index < -0.39 is 0 Å². The molecule has 0 spiro atoms. The summed E-state index contributed by atoms with van der Waals surface area (Å²) in [5, 5.41) is 0. The maximum Gasteiger partial charge on any atom is 0.144 e. The Morgan fingerprint density at radius 1 is 1.32 bits per heavy atom. The fourth-order valence-corrected chi connectivity index (χ4v) is 2.64. The van der Waals surface area contributed by atoms with Gasteiger partial charge in [-0.3, -0.25) is 0 Å². The molecule has 1 fully saturated rings. The van der Waals surface area contributed by atoms with Crippen molar-refractivity contribution in [3.8, 4) is 5.75 Å². The first-order valence-electron chi connectivity index (χ1n) is 7.05. The lowest BCUT2D eigenvalue weighted by atomic mass is 10.0. The molecular formula is C15H25N3O. The van der Waals surface area contributed by atoms with Crippen LogP contribution < -0.4 is 15.4 Å². The average molecular weight is 263 g/mol. The minimum atomic E-state index is 0.649. The van der Waals surface area contributed by atoms with Gasteiger partial charge in [0.05, 0.1) is 12.3 Å². The number of hydrogen-bond donors (Lipinski definition) is 1. The molecule has 0 radical (unpaired) electrons. The summed E-state index contributed by atoms with van der Waals surface area (Å²) in [6.45, 7) is 4.82. The monoisotopic (exact) mass is 263 g/mol. The van der Waals surface area contributed by atoms with Gasteiger partial charge >= 0.3 is 0 Å². The Balaban J connectivity index is 2.05. The Kier molecular flexibility index (Phi) is 4.53. The summed E-state index contributed by atoms with van der Waals surface area (Å²) in [5.41, 5.74) is 7.85. The first-order valence-corrected chi connectivity index (χ1v) is 7.05. The van der Waals surface area contributed by atoms with E-state index in [9.17, 15) is 0 Å². The van der Waals surface area contributed by atoms with Crippen molar-refractivity contribution in [3.05, 3.63) is 18.2 Å². The van der Waals surface area contributed by atoms with Crippen molar-refractivity contribution < 1.29 is 4.74 Å². The third kappa shape index (κ3) is 3.32. The van der Waals surface area contributed by atoms with Crippen molar-refractivity contribution in [2.75, 3.05) is 44.4 Å². The summed E-state index contributed by atoms with van der Waals surface area (Å²) in [6, 6.07) is 6.80. The number of ether oxygens (including phenoxy) is 1. The maximum absolute atomic E-state index is 5.92. The molecule has 1 heterocycles. The molecule has 19 heavy (non-hydrogen) atoms. The van der Waals surface area contributed by atoms with Gasteiger partial charge in [0.25, 0.3) is 0 Å². The first kappa shape index (κ1) is 14.0. The molecule has 106 valence electrons. The number of benzene rings is 1. The Labute approximate surface area is 116 Å². The molecule has 1 saturated heterocycles. The lowest BCUT2D eigenvalue weighted by Crippen LogP contribution is -2.41. The van der Waals surface area contributed by atoms with Crippen molar-refractivity contribution in [1.29, 1.82) is 0 Å². The number of rotatable bonds is 4.